The van der Waals surface area contributed by atoms with Crippen molar-refractivity contribution in [3.05, 3.63) is 35.9 Å². The van der Waals surface area contributed by atoms with E-state index < -0.39 is 0 Å². The van der Waals surface area contributed by atoms with Gasteiger partial charge < -0.3 is 14.4 Å². The number of likely N-dealkylation sites (tertiary alicyclic amines) is 1. The van der Waals surface area contributed by atoms with Crippen LogP contribution >= 0.6 is 11.8 Å². The van der Waals surface area contributed by atoms with Gasteiger partial charge in [-0.05, 0) is 24.8 Å². The van der Waals surface area contributed by atoms with Gasteiger partial charge in [0.1, 0.15) is 12.5 Å². The molecule has 1 aliphatic rings. The third-order valence-electron chi connectivity index (χ3n) is 3.85. The number of piperidine rings is 1. The minimum atomic E-state index is -0.249. The van der Waals surface area contributed by atoms with Crippen LogP contribution in [0.1, 0.15) is 38.2 Å². The average molecular weight is 351 g/mol. The molecule has 5 nitrogen and oxygen atoms in total. The lowest BCUT2D eigenvalue weighted by Crippen LogP contribution is -2.36. The smallest absolute Gasteiger partial charge is 0.410 e. The van der Waals surface area contributed by atoms with E-state index in [0.29, 0.717) is 13.0 Å². The summed E-state index contributed by atoms with van der Waals surface area (Å²) >= 11 is 1.45. The predicted octanol–water partition coefficient (Wildman–Crippen LogP) is 3.82. The molecular formula is C18H25NO4S. The zero-order valence-corrected chi connectivity index (χ0v) is 14.9. The van der Waals surface area contributed by atoms with Gasteiger partial charge in [-0.25, -0.2) is 4.79 Å². The molecule has 1 atom stereocenters. The van der Waals surface area contributed by atoms with Gasteiger partial charge in [-0.2, -0.15) is 0 Å². The number of carbonyl (C=O) groups is 2. The van der Waals surface area contributed by atoms with Crippen molar-refractivity contribution in [1.82, 2.24) is 4.90 Å². The number of nitrogens with zero attached hydrogens (tertiary/aromatic N) is 1. The molecule has 1 aliphatic heterocycles. The van der Waals surface area contributed by atoms with Crippen molar-refractivity contribution >= 4 is 23.8 Å². The molecule has 24 heavy (non-hydrogen) atoms. The van der Waals surface area contributed by atoms with E-state index in [2.05, 4.69) is 0 Å². The molecule has 1 heterocycles. The Morgan fingerprint density at radius 2 is 1.83 bits per heavy atom. The van der Waals surface area contributed by atoms with E-state index in [-0.39, 0.29) is 23.3 Å². The maximum absolute atomic E-state index is 11.9. The Morgan fingerprint density at radius 1 is 1.12 bits per heavy atom. The number of esters is 1. The average Bonchev–Trinajstić information content (AvgIpc) is 2.61. The molecule has 1 unspecified atom stereocenters. The van der Waals surface area contributed by atoms with Crippen molar-refractivity contribution in [3.63, 3.8) is 0 Å². The van der Waals surface area contributed by atoms with Crippen LogP contribution in [0.5, 0.6) is 0 Å². The van der Waals surface area contributed by atoms with Crippen LogP contribution in [-0.2, 0) is 20.9 Å². The summed E-state index contributed by atoms with van der Waals surface area (Å²) in [6.07, 6.45) is 3.33. The Morgan fingerprint density at radius 3 is 2.54 bits per heavy atom. The molecule has 0 aliphatic carbocycles. The lowest BCUT2D eigenvalue weighted by Gasteiger charge is -2.25. The molecule has 1 saturated heterocycles. The van der Waals surface area contributed by atoms with Crippen LogP contribution in [0.3, 0.4) is 0 Å². The van der Waals surface area contributed by atoms with Gasteiger partial charge >= 0.3 is 12.1 Å². The number of hydrogen-bond donors (Lipinski definition) is 0. The van der Waals surface area contributed by atoms with Crippen LogP contribution in [0, 0.1) is 0 Å². The first kappa shape index (κ1) is 18.6. The lowest BCUT2D eigenvalue weighted by molar-refractivity contribution is -0.144. The van der Waals surface area contributed by atoms with Crippen molar-refractivity contribution in [2.45, 2.75) is 44.5 Å². The highest BCUT2D eigenvalue weighted by atomic mass is 32.2. The zero-order chi connectivity index (χ0) is 17.2. The topological polar surface area (TPSA) is 55.8 Å². The van der Waals surface area contributed by atoms with E-state index in [1.54, 1.807) is 4.90 Å². The number of rotatable bonds is 7. The van der Waals surface area contributed by atoms with Crippen LogP contribution in [0.15, 0.2) is 30.3 Å². The van der Waals surface area contributed by atoms with Crippen LogP contribution < -0.4 is 0 Å². The highest BCUT2D eigenvalue weighted by Gasteiger charge is 2.18. The summed E-state index contributed by atoms with van der Waals surface area (Å²) in [6.45, 7) is 3.79. The molecule has 1 fully saturated rings. The van der Waals surface area contributed by atoms with Gasteiger partial charge in [0.15, 0.2) is 0 Å². The number of amides is 1. The van der Waals surface area contributed by atoms with Gasteiger partial charge in [-0.3, -0.25) is 4.79 Å². The van der Waals surface area contributed by atoms with Gasteiger partial charge in [0.05, 0.1) is 6.42 Å². The van der Waals surface area contributed by atoms with Gasteiger partial charge in [0.25, 0.3) is 0 Å². The molecule has 132 valence electrons. The van der Waals surface area contributed by atoms with Crippen LogP contribution in [0.25, 0.3) is 0 Å². The molecule has 1 amide bonds. The van der Waals surface area contributed by atoms with Gasteiger partial charge in [-0.15, -0.1) is 11.8 Å². The third kappa shape index (κ3) is 6.83. The summed E-state index contributed by atoms with van der Waals surface area (Å²) in [5.41, 5.74) is 0.974. The fraction of sp³-hybridized carbons (Fsp3) is 0.556. The minimum Gasteiger partial charge on any atom is -0.461 e. The molecule has 0 N–H and O–H groups in total. The Hall–Kier alpha value is -1.69. The second kappa shape index (κ2) is 10.2. The molecule has 0 bridgehead atoms. The third-order valence-corrected chi connectivity index (χ3v) is 4.84. The van der Waals surface area contributed by atoms with Crippen LogP contribution in [0.2, 0.25) is 0 Å². The Kier molecular flexibility index (Phi) is 7.95. The molecule has 0 radical (unpaired) electrons. The summed E-state index contributed by atoms with van der Waals surface area (Å²) in [6, 6.07) is 9.60. The van der Waals surface area contributed by atoms with Crippen molar-refractivity contribution < 1.29 is 19.1 Å². The van der Waals surface area contributed by atoms with Gasteiger partial charge in [-0.1, -0.05) is 37.3 Å². The van der Waals surface area contributed by atoms with E-state index in [1.807, 2.05) is 37.3 Å². The van der Waals surface area contributed by atoms with E-state index in [1.165, 1.54) is 18.2 Å². The van der Waals surface area contributed by atoms with Crippen molar-refractivity contribution in [1.29, 1.82) is 0 Å². The Bertz CT molecular complexity index is 517. The standard InChI is InChI=1S/C18H25NO4S/c1-15(12-17(20)22-13-16-8-4-2-5-9-16)24-14-23-18(21)19-10-6-3-7-11-19/h2,4-5,8-9,15H,3,6-7,10-14H2,1H3. The minimum absolute atomic E-state index is 0.0439. The van der Waals surface area contributed by atoms with Crippen molar-refractivity contribution in [3.8, 4) is 0 Å². The summed E-state index contributed by atoms with van der Waals surface area (Å²) in [7, 11) is 0. The molecule has 1 aromatic carbocycles. The molecule has 0 aromatic heterocycles. The van der Waals surface area contributed by atoms with E-state index in [4.69, 9.17) is 9.47 Å². The van der Waals surface area contributed by atoms with Gasteiger partial charge in [0.2, 0.25) is 0 Å². The highest BCUT2D eigenvalue weighted by Crippen LogP contribution is 2.17. The first-order valence-corrected chi connectivity index (χ1v) is 9.43. The number of benzene rings is 1. The first-order valence-electron chi connectivity index (χ1n) is 8.38. The first-order chi connectivity index (χ1) is 11.6. The number of carbonyl (C=O) groups excluding carboxylic acids is 2. The van der Waals surface area contributed by atoms with E-state index in [9.17, 15) is 9.59 Å². The largest absolute Gasteiger partial charge is 0.461 e. The van der Waals surface area contributed by atoms with Crippen LogP contribution in [-0.4, -0.2) is 41.2 Å². The summed E-state index contributed by atoms with van der Waals surface area (Å²) in [5, 5.41) is 0.0439. The van der Waals surface area contributed by atoms with Gasteiger partial charge in [0, 0.05) is 18.3 Å². The molecular weight excluding hydrogens is 326 g/mol. The van der Waals surface area contributed by atoms with E-state index in [0.717, 1.165) is 31.5 Å². The number of ether oxygens (including phenoxy) is 2. The maximum Gasteiger partial charge on any atom is 0.410 e. The summed E-state index contributed by atoms with van der Waals surface area (Å²) in [4.78, 5) is 25.4. The fourth-order valence-corrected chi connectivity index (χ4v) is 3.11. The molecule has 0 saturated carbocycles. The second-order valence-electron chi connectivity index (χ2n) is 5.90. The van der Waals surface area contributed by atoms with Crippen LogP contribution in [0.4, 0.5) is 4.79 Å². The highest BCUT2D eigenvalue weighted by molar-refractivity contribution is 7.99. The maximum atomic E-state index is 11.9. The zero-order valence-electron chi connectivity index (χ0n) is 14.1. The van der Waals surface area contributed by atoms with Crippen molar-refractivity contribution in [2.24, 2.45) is 0 Å². The van der Waals surface area contributed by atoms with E-state index >= 15 is 0 Å². The molecule has 2 rings (SSSR count). The SMILES string of the molecule is CC(CC(=O)OCc1ccccc1)SCOC(=O)N1CCCCC1. The second-order valence-corrected chi connectivity index (χ2v) is 7.28. The molecule has 6 heteroatoms. The molecule has 1 aromatic rings. The quantitative estimate of drug-likeness (QED) is 0.552. The summed E-state index contributed by atoms with van der Waals surface area (Å²) in [5.74, 6) is 0.0313. The number of thioether (sulfide) groups is 1. The van der Waals surface area contributed by atoms with Crippen molar-refractivity contribution in [2.75, 3.05) is 19.0 Å². The fourth-order valence-electron chi connectivity index (χ4n) is 2.46. The Balaban J connectivity index is 1.57. The lowest BCUT2D eigenvalue weighted by atomic mass is 10.1. The predicted molar refractivity (Wildman–Crippen MR) is 94.7 cm³/mol. The normalized spacial score (nSPS) is 15.6. The summed E-state index contributed by atoms with van der Waals surface area (Å²) < 4.78 is 10.5. The Labute approximate surface area is 147 Å². The number of hydrogen-bond acceptors (Lipinski definition) is 5. The monoisotopic (exact) mass is 351 g/mol. The molecule has 0 spiro atoms.